The lowest BCUT2D eigenvalue weighted by molar-refractivity contribution is -0.0226. The lowest BCUT2D eigenvalue weighted by Crippen LogP contribution is -2.43. The highest BCUT2D eigenvalue weighted by Crippen LogP contribution is 2.60. The summed E-state index contributed by atoms with van der Waals surface area (Å²) in [6.45, 7) is 2.34. The van der Waals surface area contributed by atoms with Crippen molar-refractivity contribution in [3.8, 4) is 5.75 Å². The smallest absolute Gasteiger partial charge is 0.119 e. The van der Waals surface area contributed by atoms with Gasteiger partial charge in [-0.1, -0.05) is 13.0 Å². The van der Waals surface area contributed by atoms with Crippen LogP contribution in [-0.4, -0.2) is 18.3 Å². The SMILES string of the molecule is COc1ccc2c(c1)CCC1[C@@H]2CC[C@]2(C)[C@@H](O)CC[C@@H]12. The van der Waals surface area contributed by atoms with E-state index in [4.69, 9.17) is 4.74 Å². The van der Waals surface area contributed by atoms with Gasteiger partial charge >= 0.3 is 0 Å². The minimum absolute atomic E-state index is 0.0688. The second-order valence-electron chi connectivity index (χ2n) is 7.62. The number of hydrogen-bond donors (Lipinski definition) is 1. The Bertz CT molecular complexity index is 552. The molecule has 4 rings (SSSR count). The van der Waals surface area contributed by atoms with E-state index in [1.54, 1.807) is 12.7 Å². The molecule has 0 heterocycles. The summed E-state index contributed by atoms with van der Waals surface area (Å²) in [6.07, 6.45) is 7.07. The van der Waals surface area contributed by atoms with Gasteiger partial charge in [0.1, 0.15) is 5.75 Å². The fourth-order valence-corrected chi connectivity index (χ4v) is 5.66. The third kappa shape index (κ3) is 1.88. The summed E-state index contributed by atoms with van der Waals surface area (Å²) in [5.41, 5.74) is 3.25. The fraction of sp³-hybridized carbons (Fsp3) is 0.684. The van der Waals surface area contributed by atoms with E-state index in [1.807, 2.05) is 0 Å². The molecule has 2 saturated carbocycles. The summed E-state index contributed by atoms with van der Waals surface area (Å²) in [5, 5.41) is 10.4. The van der Waals surface area contributed by atoms with Gasteiger partial charge in [0.2, 0.25) is 0 Å². The van der Waals surface area contributed by atoms with Crippen molar-refractivity contribution in [2.45, 2.75) is 57.5 Å². The minimum Gasteiger partial charge on any atom is -0.497 e. The average molecular weight is 286 g/mol. The van der Waals surface area contributed by atoms with E-state index >= 15 is 0 Å². The Kier molecular flexibility index (Phi) is 3.08. The molecular weight excluding hydrogens is 260 g/mol. The molecule has 1 N–H and O–H groups in total. The van der Waals surface area contributed by atoms with Crippen LogP contribution in [0.2, 0.25) is 0 Å². The zero-order chi connectivity index (χ0) is 14.6. The van der Waals surface area contributed by atoms with Gasteiger partial charge in [0.25, 0.3) is 0 Å². The van der Waals surface area contributed by atoms with Gasteiger partial charge in [-0.2, -0.15) is 0 Å². The van der Waals surface area contributed by atoms with Gasteiger partial charge in [0, 0.05) is 0 Å². The molecule has 0 spiro atoms. The van der Waals surface area contributed by atoms with Crippen molar-refractivity contribution in [1.82, 2.24) is 0 Å². The molecule has 1 aromatic carbocycles. The number of methoxy groups -OCH3 is 1. The van der Waals surface area contributed by atoms with Crippen LogP contribution in [0.25, 0.3) is 0 Å². The lowest BCUT2D eigenvalue weighted by Gasteiger charge is -2.50. The monoisotopic (exact) mass is 286 g/mol. The number of rotatable bonds is 1. The van der Waals surface area contributed by atoms with Crippen molar-refractivity contribution >= 4 is 0 Å². The van der Waals surface area contributed by atoms with Gasteiger partial charge in [0.15, 0.2) is 0 Å². The summed E-state index contributed by atoms with van der Waals surface area (Å²) in [7, 11) is 1.75. The quantitative estimate of drug-likeness (QED) is 0.848. The topological polar surface area (TPSA) is 29.5 Å². The van der Waals surface area contributed by atoms with Crippen molar-refractivity contribution in [2.75, 3.05) is 7.11 Å². The summed E-state index contributed by atoms with van der Waals surface area (Å²) < 4.78 is 5.38. The molecule has 3 aliphatic carbocycles. The van der Waals surface area contributed by atoms with E-state index in [2.05, 4.69) is 25.1 Å². The molecule has 21 heavy (non-hydrogen) atoms. The molecule has 5 atom stereocenters. The maximum atomic E-state index is 10.4. The van der Waals surface area contributed by atoms with Crippen LogP contribution in [0.1, 0.15) is 56.1 Å². The molecule has 0 amide bonds. The Morgan fingerprint density at radius 3 is 2.86 bits per heavy atom. The van der Waals surface area contributed by atoms with Crippen LogP contribution in [-0.2, 0) is 6.42 Å². The van der Waals surface area contributed by atoms with Gasteiger partial charge < -0.3 is 9.84 Å². The van der Waals surface area contributed by atoms with Crippen LogP contribution >= 0.6 is 0 Å². The highest BCUT2D eigenvalue weighted by molar-refractivity contribution is 5.40. The highest BCUT2D eigenvalue weighted by atomic mass is 16.5. The van der Waals surface area contributed by atoms with Crippen LogP contribution in [0.3, 0.4) is 0 Å². The van der Waals surface area contributed by atoms with Crippen LogP contribution in [0.4, 0.5) is 0 Å². The van der Waals surface area contributed by atoms with Crippen molar-refractivity contribution in [1.29, 1.82) is 0 Å². The minimum atomic E-state index is -0.0688. The molecule has 2 nitrogen and oxygen atoms in total. The van der Waals surface area contributed by atoms with Crippen molar-refractivity contribution in [2.24, 2.45) is 17.3 Å². The molecule has 0 radical (unpaired) electrons. The van der Waals surface area contributed by atoms with E-state index in [0.717, 1.165) is 24.0 Å². The Morgan fingerprint density at radius 1 is 1.19 bits per heavy atom. The predicted octanol–water partition coefficient (Wildman–Crippen LogP) is 3.91. The first-order valence-corrected chi connectivity index (χ1v) is 8.48. The number of aryl methyl sites for hydroxylation is 1. The van der Waals surface area contributed by atoms with Gasteiger partial charge in [-0.3, -0.25) is 0 Å². The maximum absolute atomic E-state index is 10.4. The zero-order valence-electron chi connectivity index (χ0n) is 13.1. The molecule has 3 aliphatic rings. The Hall–Kier alpha value is -1.02. The van der Waals surface area contributed by atoms with Gasteiger partial charge in [-0.25, -0.2) is 0 Å². The molecule has 1 unspecified atom stereocenters. The Labute approximate surface area is 127 Å². The van der Waals surface area contributed by atoms with Crippen molar-refractivity contribution in [3.63, 3.8) is 0 Å². The van der Waals surface area contributed by atoms with Gasteiger partial charge in [0.05, 0.1) is 13.2 Å². The normalized spacial score (nSPS) is 41.1. The summed E-state index contributed by atoms with van der Waals surface area (Å²) >= 11 is 0. The molecular formula is C19H26O2. The summed E-state index contributed by atoms with van der Waals surface area (Å²) in [4.78, 5) is 0. The molecule has 114 valence electrons. The predicted molar refractivity (Wildman–Crippen MR) is 83.6 cm³/mol. The van der Waals surface area contributed by atoms with Crippen molar-refractivity contribution < 1.29 is 9.84 Å². The average Bonchev–Trinajstić information content (AvgIpc) is 2.82. The second-order valence-corrected chi connectivity index (χ2v) is 7.62. The van der Waals surface area contributed by atoms with Crippen LogP contribution in [0.15, 0.2) is 18.2 Å². The standard InChI is InChI=1S/C19H26O2/c1-19-10-9-15-14-6-4-13(21-2)11-12(14)3-5-16(15)17(19)7-8-18(19)20/h4,6,11,15-18,20H,3,5,7-10H2,1-2H3/t15-,16?,17+,18+,19+/m1/s1. The largest absolute Gasteiger partial charge is 0.497 e. The first kappa shape index (κ1) is 13.6. The zero-order valence-corrected chi connectivity index (χ0v) is 13.1. The molecule has 0 aromatic heterocycles. The first-order chi connectivity index (χ1) is 10.1. The third-order valence-electron chi connectivity index (χ3n) is 6.88. The third-order valence-corrected chi connectivity index (χ3v) is 6.88. The number of benzene rings is 1. The molecule has 0 bridgehead atoms. The number of aliphatic hydroxyl groups is 1. The number of hydrogen-bond acceptors (Lipinski definition) is 2. The van der Waals surface area contributed by atoms with Gasteiger partial charge in [-0.05, 0) is 85.0 Å². The number of ether oxygens (including phenoxy) is 1. The second kappa shape index (κ2) is 4.74. The molecule has 2 heteroatoms. The Balaban J connectivity index is 1.68. The van der Waals surface area contributed by atoms with Crippen molar-refractivity contribution in [3.05, 3.63) is 29.3 Å². The van der Waals surface area contributed by atoms with E-state index in [1.165, 1.54) is 37.7 Å². The molecule has 2 fully saturated rings. The maximum Gasteiger partial charge on any atom is 0.119 e. The molecule has 1 aromatic rings. The molecule has 0 saturated heterocycles. The van der Waals surface area contributed by atoms with E-state index < -0.39 is 0 Å². The van der Waals surface area contributed by atoms with Gasteiger partial charge in [-0.15, -0.1) is 0 Å². The van der Waals surface area contributed by atoms with E-state index in [9.17, 15) is 5.11 Å². The van der Waals surface area contributed by atoms with Crippen LogP contribution in [0, 0.1) is 17.3 Å². The summed E-state index contributed by atoms with van der Waals surface area (Å²) in [5.74, 6) is 3.20. The highest BCUT2D eigenvalue weighted by Gasteiger charge is 2.54. The van der Waals surface area contributed by atoms with Crippen LogP contribution < -0.4 is 4.74 Å². The number of aliphatic hydroxyl groups excluding tert-OH is 1. The van der Waals surface area contributed by atoms with E-state index in [-0.39, 0.29) is 11.5 Å². The summed E-state index contributed by atoms with van der Waals surface area (Å²) in [6, 6.07) is 6.67. The molecule has 0 aliphatic heterocycles. The van der Waals surface area contributed by atoms with E-state index in [0.29, 0.717) is 5.92 Å². The van der Waals surface area contributed by atoms with Crippen LogP contribution in [0.5, 0.6) is 5.75 Å². The number of fused-ring (bicyclic) bond motifs is 5. The first-order valence-electron chi connectivity index (χ1n) is 8.48. The lowest BCUT2D eigenvalue weighted by atomic mass is 9.55. The fourth-order valence-electron chi connectivity index (χ4n) is 5.66. The Morgan fingerprint density at radius 2 is 2.05 bits per heavy atom.